The lowest BCUT2D eigenvalue weighted by atomic mass is 9.90. The molecule has 15 heteroatoms. The number of rotatable bonds is 20. The van der Waals surface area contributed by atoms with E-state index in [2.05, 4.69) is 10.6 Å². The molecular formula is C36H48N3O11P. The monoisotopic (exact) mass is 729 g/mol. The molecule has 278 valence electrons. The molecule has 2 aromatic carbocycles. The van der Waals surface area contributed by atoms with E-state index in [0.29, 0.717) is 42.5 Å². The molecule has 0 aliphatic carbocycles. The Morgan fingerprint density at radius 1 is 0.980 bits per heavy atom. The third kappa shape index (κ3) is 11.2. The number of carbonyl (C=O) groups is 4. The molecule has 1 heterocycles. The van der Waals surface area contributed by atoms with Gasteiger partial charge in [0.15, 0.2) is 5.76 Å². The van der Waals surface area contributed by atoms with Gasteiger partial charge in [0.1, 0.15) is 17.3 Å². The molecule has 3 rings (SSSR count). The molecule has 0 saturated carbocycles. The van der Waals surface area contributed by atoms with Gasteiger partial charge in [-0.05, 0) is 79.8 Å². The van der Waals surface area contributed by atoms with Crippen LogP contribution in [0.2, 0.25) is 0 Å². The summed E-state index contributed by atoms with van der Waals surface area (Å²) in [7, 11) is -3.08. The van der Waals surface area contributed by atoms with Gasteiger partial charge in [-0.1, -0.05) is 47.0 Å². The molecule has 0 bridgehead atoms. The Labute approximate surface area is 297 Å². The summed E-state index contributed by atoms with van der Waals surface area (Å²) >= 11 is 0. The van der Waals surface area contributed by atoms with E-state index in [0.717, 1.165) is 17.9 Å². The lowest BCUT2D eigenvalue weighted by Crippen LogP contribution is -2.49. The number of hydrogen-bond acceptors (Lipinski definition) is 9. The third-order valence-electron chi connectivity index (χ3n) is 8.22. The summed E-state index contributed by atoms with van der Waals surface area (Å²) in [5, 5.41) is 5.90. The van der Waals surface area contributed by atoms with E-state index < -0.39 is 37.3 Å². The largest absolute Gasteiger partial charge is 0.497 e. The molecule has 3 amide bonds. The molecule has 14 nitrogen and oxygen atoms in total. The molecule has 51 heavy (non-hydrogen) atoms. The molecule has 0 spiro atoms. The highest BCUT2D eigenvalue weighted by Crippen LogP contribution is 2.37. The summed E-state index contributed by atoms with van der Waals surface area (Å²) < 4.78 is 28.3. The zero-order valence-corrected chi connectivity index (χ0v) is 30.7. The number of hydrogen-bond donors (Lipinski definition) is 4. The normalized spacial score (nSPS) is 12.5. The van der Waals surface area contributed by atoms with Crippen LogP contribution in [-0.2, 0) is 19.0 Å². The van der Waals surface area contributed by atoms with Crippen molar-refractivity contribution < 1.29 is 52.3 Å². The van der Waals surface area contributed by atoms with Crippen LogP contribution in [0, 0.1) is 5.92 Å². The van der Waals surface area contributed by atoms with Gasteiger partial charge in [0.05, 0.1) is 43.2 Å². The topological polar surface area (TPSA) is 194 Å². The van der Waals surface area contributed by atoms with Gasteiger partial charge in [-0.2, -0.15) is 5.06 Å². The van der Waals surface area contributed by atoms with Crippen LogP contribution in [0.15, 0.2) is 52.9 Å². The fourth-order valence-corrected chi connectivity index (χ4v) is 6.19. The second kappa shape index (κ2) is 19.1. The Morgan fingerprint density at radius 2 is 1.73 bits per heavy atom. The number of furan rings is 1. The van der Waals surface area contributed by atoms with Crippen molar-refractivity contribution in [3.05, 3.63) is 65.4 Å². The van der Waals surface area contributed by atoms with Crippen molar-refractivity contribution in [2.45, 2.75) is 78.7 Å². The van der Waals surface area contributed by atoms with Crippen LogP contribution in [0.1, 0.15) is 99.1 Å². The van der Waals surface area contributed by atoms with E-state index >= 15 is 0 Å². The number of carbonyl (C=O) groups excluding carboxylic acids is 4. The number of unbranched alkanes of at least 4 members (excludes halogenated alkanes) is 2. The van der Waals surface area contributed by atoms with Crippen molar-refractivity contribution in [3.63, 3.8) is 0 Å². The zero-order chi connectivity index (χ0) is 37.7. The number of ether oxygens (including phenoxy) is 2. The van der Waals surface area contributed by atoms with Crippen molar-refractivity contribution >= 4 is 37.1 Å². The standard InChI is InChI=1S/C36H48N3O11P/c1-7-10-11-12-29(31(8-2)39(22-40)50-36(43)28-14-13-25(47-6)20-30(28)23(4)5)34(41)37-21-38-35(42)33-16-15-32(49-33)24-17-26(48-9-3)19-27(18-24)51(44,45)46/h13-20,22-23,29,31H,7-12,21H2,1-6H3,(H,37,41)(H,38,42)(H2,44,45,46)/t29?,31-/m1/s1. The van der Waals surface area contributed by atoms with Crippen molar-refractivity contribution in [1.82, 2.24) is 15.7 Å². The van der Waals surface area contributed by atoms with Crippen LogP contribution >= 0.6 is 7.60 Å². The molecule has 1 unspecified atom stereocenters. The molecule has 0 saturated heterocycles. The van der Waals surface area contributed by atoms with E-state index in [1.54, 1.807) is 32.0 Å². The van der Waals surface area contributed by atoms with Gasteiger partial charge in [-0.15, -0.1) is 0 Å². The lowest BCUT2D eigenvalue weighted by Gasteiger charge is -2.32. The van der Waals surface area contributed by atoms with E-state index in [4.69, 9.17) is 18.7 Å². The first-order valence-electron chi connectivity index (χ1n) is 16.9. The molecule has 3 aromatic rings. The third-order valence-corrected chi connectivity index (χ3v) is 9.15. The number of hydroxylamine groups is 2. The second-order valence-corrected chi connectivity index (χ2v) is 13.7. The molecule has 1 aromatic heterocycles. The van der Waals surface area contributed by atoms with Crippen LogP contribution in [0.5, 0.6) is 11.5 Å². The minimum absolute atomic E-state index is 0.0443. The SMILES string of the molecule is CCCCCC(C(=O)NCNC(=O)c1ccc(-c2cc(OCC)cc(P(=O)(O)O)c2)o1)[C@@H](CC)N(C=O)OC(=O)c1ccc(OC)cc1C(C)C. The molecule has 0 aliphatic rings. The predicted molar refractivity (Wildman–Crippen MR) is 190 cm³/mol. The van der Waals surface area contributed by atoms with Crippen molar-refractivity contribution in [2.24, 2.45) is 5.92 Å². The zero-order valence-electron chi connectivity index (χ0n) is 29.8. The van der Waals surface area contributed by atoms with Gasteiger partial charge < -0.3 is 39.1 Å². The van der Waals surface area contributed by atoms with Crippen LogP contribution in [0.3, 0.4) is 0 Å². The number of benzene rings is 2. The molecule has 0 fully saturated rings. The Morgan fingerprint density at radius 3 is 2.33 bits per heavy atom. The second-order valence-electron chi connectivity index (χ2n) is 12.1. The Kier molecular flexibility index (Phi) is 15.3. The average molecular weight is 730 g/mol. The number of nitrogens with one attached hydrogen (secondary N) is 2. The fourth-order valence-electron chi connectivity index (χ4n) is 5.59. The van der Waals surface area contributed by atoms with Crippen LogP contribution < -0.4 is 25.4 Å². The number of nitrogens with zero attached hydrogens (tertiary/aromatic N) is 1. The summed E-state index contributed by atoms with van der Waals surface area (Å²) in [4.78, 5) is 77.1. The van der Waals surface area contributed by atoms with E-state index in [1.165, 1.54) is 37.4 Å². The molecule has 0 radical (unpaired) electrons. The Hall–Kier alpha value is -4.65. The van der Waals surface area contributed by atoms with Crippen LogP contribution in [0.4, 0.5) is 0 Å². The van der Waals surface area contributed by atoms with Crippen LogP contribution in [0.25, 0.3) is 11.3 Å². The minimum atomic E-state index is -4.61. The molecule has 2 atom stereocenters. The minimum Gasteiger partial charge on any atom is -0.497 e. The lowest BCUT2D eigenvalue weighted by molar-refractivity contribution is -0.171. The van der Waals surface area contributed by atoms with Gasteiger partial charge in [0.2, 0.25) is 12.3 Å². The quantitative estimate of drug-likeness (QED) is 0.0388. The smallest absolute Gasteiger partial charge is 0.363 e. The maximum Gasteiger partial charge on any atom is 0.363 e. The summed E-state index contributed by atoms with van der Waals surface area (Å²) in [6.07, 6.45) is 3.50. The molecule has 0 aliphatic heterocycles. The van der Waals surface area contributed by atoms with Crippen LogP contribution in [-0.4, -0.2) is 65.5 Å². The number of methoxy groups -OCH3 is 1. The van der Waals surface area contributed by atoms with Crippen molar-refractivity contribution in [1.29, 1.82) is 0 Å². The average Bonchev–Trinajstić information content (AvgIpc) is 3.60. The highest BCUT2D eigenvalue weighted by molar-refractivity contribution is 7.60. The summed E-state index contributed by atoms with van der Waals surface area (Å²) in [5.41, 5.74) is 1.24. The maximum atomic E-state index is 13.6. The maximum absolute atomic E-state index is 13.6. The summed E-state index contributed by atoms with van der Waals surface area (Å²) in [5.74, 6) is -1.81. The van der Waals surface area contributed by atoms with Gasteiger partial charge in [0.25, 0.3) is 5.91 Å². The Balaban J connectivity index is 1.73. The summed E-state index contributed by atoms with van der Waals surface area (Å²) in [6, 6.07) is 11.1. The van der Waals surface area contributed by atoms with E-state index in [9.17, 15) is 33.5 Å². The van der Waals surface area contributed by atoms with Gasteiger partial charge in [0, 0.05) is 5.56 Å². The van der Waals surface area contributed by atoms with Gasteiger partial charge in [-0.3, -0.25) is 18.9 Å². The first kappa shape index (κ1) is 40.8. The van der Waals surface area contributed by atoms with Crippen molar-refractivity contribution in [2.75, 3.05) is 20.4 Å². The first-order chi connectivity index (χ1) is 24.3. The molecule has 4 N–H and O–H groups in total. The van der Waals surface area contributed by atoms with Crippen molar-refractivity contribution in [3.8, 4) is 22.8 Å². The highest BCUT2D eigenvalue weighted by Gasteiger charge is 2.34. The van der Waals surface area contributed by atoms with Gasteiger partial charge >= 0.3 is 13.6 Å². The van der Waals surface area contributed by atoms with E-state index in [1.807, 2.05) is 20.8 Å². The summed E-state index contributed by atoms with van der Waals surface area (Å²) in [6.45, 7) is 9.36. The molecular weight excluding hydrogens is 681 g/mol. The highest BCUT2D eigenvalue weighted by atomic mass is 31.2. The fraction of sp³-hybridized carbons (Fsp3) is 0.444. The first-order valence-corrected chi connectivity index (χ1v) is 18.5. The van der Waals surface area contributed by atoms with Gasteiger partial charge in [-0.25, -0.2) is 4.79 Å². The van der Waals surface area contributed by atoms with E-state index in [-0.39, 0.29) is 47.3 Å². The number of amides is 3. The predicted octanol–water partition coefficient (Wildman–Crippen LogP) is 5.29. The Bertz CT molecular complexity index is 1700.